The van der Waals surface area contributed by atoms with Crippen LogP contribution in [0.1, 0.15) is 39.0 Å². The van der Waals surface area contributed by atoms with Gasteiger partial charge in [0.15, 0.2) is 16.6 Å². The highest BCUT2D eigenvalue weighted by molar-refractivity contribution is 6.87. The van der Waals surface area contributed by atoms with E-state index >= 15 is 0 Å². The summed E-state index contributed by atoms with van der Waals surface area (Å²) in [6, 6.07) is 1.03. The average molecular weight is 409 g/mol. The summed E-state index contributed by atoms with van der Waals surface area (Å²) in [7, 11) is -5.27. The highest BCUT2D eigenvalue weighted by atomic mass is 28.5. The fourth-order valence-corrected chi connectivity index (χ4v) is 15.3. The molecule has 0 radical (unpaired) electrons. The minimum atomic E-state index is -2.09. The Balaban J connectivity index is 3.92. The van der Waals surface area contributed by atoms with Gasteiger partial charge in [-0.2, -0.15) is 0 Å². The molecule has 7 heteroatoms. The van der Waals surface area contributed by atoms with Gasteiger partial charge in [0.2, 0.25) is 0 Å². The molecule has 0 N–H and O–H groups in total. The van der Waals surface area contributed by atoms with Crippen LogP contribution in [0.5, 0.6) is 0 Å². The van der Waals surface area contributed by atoms with Crippen LogP contribution in [0, 0.1) is 0 Å². The van der Waals surface area contributed by atoms with Gasteiger partial charge in [-0.15, -0.1) is 0 Å². The molecule has 0 heterocycles. The fourth-order valence-electron chi connectivity index (χ4n) is 2.77. The van der Waals surface area contributed by atoms with Crippen LogP contribution in [0.4, 0.5) is 0 Å². The van der Waals surface area contributed by atoms with E-state index in [2.05, 4.69) is 52.8 Å². The SMILES string of the molecule is CCCCOCCCCOCCC[Si](C)(O[Si](C)(C)C)O[Si](C)(C)C. The molecule has 0 atom stereocenters. The van der Waals surface area contributed by atoms with Gasteiger partial charge < -0.3 is 17.7 Å². The van der Waals surface area contributed by atoms with Crippen molar-refractivity contribution >= 4 is 25.2 Å². The third-order valence-corrected chi connectivity index (χ3v) is 13.0. The predicted molar refractivity (Wildman–Crippen MR) is 116 cm³/mol. The van der Waals surface area contributed by atoms with Gasteiger partial charge in [-0.3, -0.25) is 0 Å². The molecule has 0 fully saturated rings. The smallest absolute Gasteiger partial charge is 0.314 e. The lowest BCUT2D eigenvalue weighted by Gasteiger charge is -2.38. The van der Waals surface area contributed by atoms with Crippen molar-refractivity contribution in [2.24, 2.45) is 0 Å². The fraction of sp³-hybridized carbons (Fsp3) is 1.00. The van der Waals surface area contributed by atoms with Gasteiger partial charge in [0.05, 0.1) is 0 Å². The van der Waals surface area contributed by atoms with Crippen molar-refractivity contribution < 1.29 is 17.7 Å². The highest BCUT2D eigenvalue weighted by Crippen LogP contribution is 2.25. The van der Waals surface area contributed by atoms with Crippen LogP contribution in [-0.4, -0.2) is 51.6 Å². The molecular weight excluding hydrogens is 364 g/mol. The number of ether oxygens (including phenoxy) is 2. The molecule has 0 bridgehead atoms. The normalized spacial score (nSPS) is 13.4. The number of rotatable bonds is 16. The molecule has 0 aromatic rings. The summed E-state index contributed by atoms with van der Waals surface area (Å²) < 4.78 is 24.4. The third kappa shape index (κ3) is 17.7. The van der Waals surface area contributed by atoms with Gasteiger partial charge in [0.25, 0.3) is 0 Å². The van der Waals surface area contributed by atoms with Crippen molar-refractivity contribution in [1.29, 1.82) is 0 Å². The first-order chi connectivity index (χ1) is 11.5. The Bertz CT molecular complexity index is 311. The first kappa shape index (κ1) is 25.5. The zero-order valence-electron chi connectivity index (χ0n) is 18.2. The van der Waals surface area contributed by atoms with Crippen LogP contribution in [0.25, 0.3) is 0 Å². The molecule has 152 valence electrons. The molecule has 4 nitrogen and oxygen atoms in total. The Labute approximate surface area is 160 Å². The van der Waals surface area contributed by atoms with E-state index in [0.29, 0.717) is 0 Å². The van der Waals surface area contributed by atoms with Gasteiger partial charge in [0.1, 0.15) is 0 Å². The molecule has 0 aliphatic carbocycles. The molecule has 0 amide bonds. The van der Waals surface area contributed by atoms with E-state index in [0.717, 1.165) is 58.2 Å². The quantitative estimate of drug-likeness (QED) is 0.240. The van der Waals surface area contributed by atoms with Gasteiger partial charge in [-0.1, -0.05) is 13.3 Å². The van der Waals surface area contributed by atoms with Gasteiger partial charge in [-0.25, -0.2) is 0 Å². The average Bonchev–Trinajstić information content (AvgIpc) is 2.40. The molecule has 0 aromatic carbocycles. The minimum absolute atomic E-state index is 0.809. The summed E-state index contributed by atoms with van der Waals surface area (Å²) in [6.45, 7) is 21.4. The second-order valence-electron chi connectivity index (χ2n) is 8.95. The van der Waals surface area contributed by atoms with E-state index in [9.17, 15) is 0 Å². The van der Waals surface area contributed by atoms with Crippen molar-refractivity contribution in [1.82, 2.24) is 0 Å². The molecule has 0 saturated carbocycles. The number of hydrogen-bond acceptors (Lipinski definition) is 4. The minimum Gasteiger partial charge on any atom is -0.437 e. The highest BCUT2D eigenvalue weighted by Gasteiger charge is 2.39. The lowest BCUT2D eigenvalue weighted by molar-refractivity contribution is 0.101. The van der Waals surface area contributed by atoms with Gasteiger partial charge in [-0.05, 0) is 77.6 Å². The maximum absolute atomic E-state index is 6.51. The van der Waals surface area contributed by atoms with Crippen molar-refractivity contribution in [3.8, 4) is 0 Å². The zero-order chi connectivity index (χ0) is 19.4. The Morgan fingerprint density at radius 1 is 0.560 bits per heavy atom. The largest absolute Gasteiger partial charge is 0.437 e. The van der Waals surface area contributed by atoms with E-state index in [-0.39, 0.29) is 0 Å². The Hall–Kier alpha value is 0.491. The van der Waals surface area contributed by atoms with Crippen LogP contribution in [0.15, 0.2) is 0 Å². The van der Waals surface area contributed by atoms with Crippen LogP contribution in [0.2, 0.25) is 51.9 Å². The van der Waals surface area contributed by atoms with Crippen LogP contribution in [-0.2, 0) is 17.7 Å². The molecule has 0 aliphatic heterocycles. The first-order valence-electron chi connectivity index (χ1n) is 10.0. The summed E-state index contributed by atoms with van der Waals surface area (Å²) in [5, 5.41) is 0. The molecular formula is C18H44O4Si3. The third-order valence-electron chi connectivity index (χ3n) is 3.43. The Morgan fingerprint density at radius 3 is 1.36 bits per heavy atom. The maximum Gasteiger partial charge on any atom is 0.314 e. The molecule has 0 aliphatic rings. The Kier molecular flexibility index (Phi) is 13.1. The van der Waals surface area contributed by atoms with Crippen molar-refractivity contribution in [2.75, 3.05) is 26.4 Å². The number of hydrogen-bond donors (Lipinski definition) is 0. The topological polar surface area (TPSA) is 36.9 Å². The summed E-state index contributed by atoms with van der Waals surface area (Å²) >= 11 is 0. The molecule has 0 spiro atoms. The van der Waals surface area contributed by atoms with Crippen molar-refractivity contribution in [2.45, 2.75) is 90.9 Å². The summed E-state index contributed by atoms with van der Waals surface area (Å²) in [5.41, 5.74) is 0. The first-order valence-corrected chi connectivity index (χ1v) is 19.4. The molecule has 0 aromatic heterocycles. The van der Waals surface area contributed by atoms with Crippen LogP contribution < -0.4 is 0 Å². The zero-order valence-corrected chi connectivity index (χ0v) is 21.2. The lowest BCUT2D eigenvalue weighted by atomic mass is 10.3. The molecule has 0 saturated heterocycles. The second-order valence-corrected chi connectivity index (χ2v) is 21.8. The predicted octanol–water partition coefficient (Wildman–Crippen LogP) is 5.77. The van der Waals surface area contributed by atoms with Crippen LogP contribution in [0.3, 0.4) is 0 Å². The van der Waals surface area contributed by atoms with Gasteiger partial charge >= 0.3 is 8.56 Å². The van der Waals surface area contributed by atoms with E-state index in [4.69, 9.17) is 17.7 Å². The summed E-state index contributed by atoms with van der Waals surface area (Å²) in [5.74, 6) is 0. The van der Waals surface area contributed by atoms with E-state index < -0.39 is 25.2 Å². The van der Waals surface area contributed by atoms with E-state index in [1.165, 1.54) is 6.42 Å². The monoisotopic (exact) mass is 408 g/mol. The standard InChI is InChI=1S/C18H44O4Si3/c1-9-10-14-19-15-11-12-16-20-17-13-18-25(8,21-23(2,3)4)22-24(5,6)7/h9-18H2,1-8H3. The molecule has 0 unspecified atom stereocenters. The van der Waals surface area contributed by atoms with Crippen molar-refractivity contribution in [3.05, 3.63) is 0 Å². The summed E-state index contributed by atoms with van der Waals surface area (Å²) in [4.78, 5) is 0. The van der Waals surface area contributed by atoms with Crippen molar-refractivity contribution in [3.63, 3.8) is 0 Å². The maximum atomic E-state index is 6.51. The molecule has 0 rings (SSSR count). The van der Waals surface area contributed by atoms with Gasteiger partial charge in [0, 0.05) is 26.4 Å². The second kappa shape index (κ2) is 12.8. The molecule has 25 heavy (non-hydrogen) atoms. The summed E-state index contributed by atoms with van der Waals surface area (Å²) in [6.07, 6.45) is 5.57. The Morgan fingerprint density at radius 2 is 0.960 bits per heavy atom. The number of unbranched alkanes of at least 4 members (excludes halogenated alkanes) is 2. The van der Waals surface area contributed by atoms with Crippen LogP contribution >= 0.6 is 0 Å². The lowest BCUT2D eigenvalue weighted by Crippen LogP contribution is -2.52. The van der Waals surface area contributed by atoms with E-state index in [1.54, 1.807) is 0 Å². The van der Waals surface area contributed by atoms with E-state index in [1.807, 2.05) is 0 Å².